The van der Waals surface area contributed by atoms with Crippen molar-refractivity contribution in [1.82, 2.24) is 4.72 Å². The van der Waals surface area contributed by atoms with E-state index in [9.17, 15) is 8.42 Å². The highest BCUT2D eigenvalue weighted by Gasteiger charge is 2.16. The summed E-state index contributed by atoms with van der Waals surface area (Å²) >= 11 is 3.30. The summed E-state index contributed by atoms with van der Waals surface area (Å²) in [5, 5.41) is 0. The van der Waals surface area contributed by atoms with Gasteiger partial charge in [-0.3, -0.25) is 0 Å². The zero-order valence-corrected chi connectivity index (χ0v) is 13.3. The quantitative estimate of drug-likeness (QED) is 0.799. The van der Waals surface area contributed by atoms with Crippen LogP contribution in [-0.2, 0) is 10.0 Å². The van der Waals surface area contributed by atoms with Gasteiger partial charge in [0, 0.05) is 11.0 Å². The first-order valence-corrected chi connectivity index (χ1v) is 9.11. The van der Waals surface area contributed by atoms with Gasteiger partial charge in [0.1, 0.15) is 0 Å². The largest absolute Gasteiger partial charge is 0.240 e. The average molecular weight is 346 g/mol. The zero-order valence-electron chi connectivity index (χ0n) is 10.9. The van der Waals surface area contributed by atoms with Crippen molar-refractivity contribution in [3.63, 3.8) is 0 Å². The average Bonchev–Trinajstić information content (AvgIpc) is 2.88. The second kappa shape index (κ2) is 6.86. The number of rotatable bonds is 6. The maximum atomic E-state index is 12.0. The van der Waals surface area contributed by atoms with Gasteiger partial charge in [0.15, 0.2) is 0 Å². The number of hydrogen-bond donors (Lipinski definition) is 1. The van der Waals surface area contributed by atoms with Crippen molar-refractivity contribution in [2.45, 2.75) is 43.4 Å². The van der Waals surface area contributed by atoms with Crippen LogP contribution in [-0.4, -0.2) is 15.0 Å². The number of hydrogen-bond acceptors (Lipinski definition) is 2. The van der Waals surface area contributed by atoms with E-state index in [-0.39, 0.29) is 0 Å². The van der Waals surface area contributed by atoms with Crippen LogP contribution in [0.3, 0.4) is 0 Å². The van der Waals surface area contributed by atoms with Gasteiger partial charge in [-0.15, -0.1) is 0 Å². The molecule has 1 N–H and O–H groups in total. The minimum Gasteiger partial charge on any atom is -0.211 e. The highest BCUT2D eigenvalue weighted by Crippen LogP contribution is 2.28. The zero-order chi connectivity index (χ0) is 13.7. The van der Waals surface area contributed by atoms with Crippen molar-refractivity contribution in [1.29, 1.82) is 0 Å². The molecule has 2 rings (SSSR count). The molecular weight excluding hydrogens is 326 g/mol. The first-order valence-electron chi connectivity index (χ1n) is 6.83. The molecule has 1 aliphatic carbocycles. The van der Waals surface area contributed by atoms with Crippen LogP contribution in [0.25, 0.3) is 0 Å². The van der Waals surface area contributed by atoms with Crippen molar-refractivity contribution in [3.05, 3.63) is 28.7 Å². The fourth-order valence-corrected chi connectivity index (χ4v) is 3.93. The summed E-state index contributed by atoms with van der Waals surface area (Å²) in [6.45, 7) is 0.537. The van der Waals surface area contributed by atoms with Crippen molar-refractivity contribution in [2.24, 2.45) is 5.92 Å². The molecule has 19 heavy (non-hydrogen) atoms. The lowest BCUT2D eigenvalue weighted by Gasteiger charge is -2.10. The Morgan fingerprint density at radius 3 is 2.42 bits per heavy atom. The summed E-state index contributed by atoms with van der Waals surface area (Å²) < 4.78 is 27.6. The summed E-state index contributed by atoms with van der Waals surface area (Å²) in [5.41, 5.74) is 0. The third-order valence-corrected chi connectivity index (χ3v) is 5.69. The van der Waals surface area contributed by atoms with Crippen molar-refractivity contribution in [2.75, 3.05) is 6.54 Å². The maximum Gasteiger partial charge on any atom is 0.240 e. The van der Waals surface area contributed by atoms with Crippen LogP contribution in [0.1, 0.15) is 38.5 Å². The van der Waals surface area contributed by atoms with Gasteiger partial charge in [0.05, 0.1) is 4.90 Å². The van der Waals surface area contributed by atoms with E-state index in [0.29, 0.717) is 11.4 Å². The lowest BCUT2D eigenvalue weighted by atomic mass is 10.0. The normalized spacial score (nSPS) is 16.9. The third-order valence-electron chi connectivity index (χ3n) is 3.68. The van der Waals surface area contributed by atoms with Crippen molar-refractivity contribution in [3.8, 4) is 0 Å². The molecule has 1 aromatic rings. The highest BCUT2D eigenvalue weighted by atomic mass is 79.9. The molecule has 1 saturated carbocycles. The van der Waals surface area contributed by atoms with Gasteiger partial charge >= 0.3 is 0 Å². The predicted molar refractivity (Wildman–Crippen MR) is 80.5 cm³/mol. The molecule has 106 valence electrons. The Morgan fingerprint density at radius 1 is 1.16 bits per heavy atom. The lowest BCUT2D eigenvalue weighted by molar-refractivity contribution is 0.480. The van der Waals surface area contributed by atoms with E-state index in [1.165, 1.54) is 25.7 Å². The molecule has 1 aromatic carbocycles. The first kappa shape index (κ1) is 15.0. The molecule has 0 aliphatic heterocycles. The predicted octanol–water partition coefficient (Wildman–Crippen LogP) is 3.70. The topological polar surface area (TPSA) is 46.2 Å². The van der Waals surface area contributed by atoms with E-state index in [2.05, 4.69) is 20.7 Å². The Morgan fingerprint density at radius 2 is 1.79 bits per heavy atom. The van der Waals surface area contributed by atoms with Gasteiger partial charge < -0.3 is 0 Å². The second-order valence-corrected chi connectivity index (χ2v) is 7.83. The molecule has 0 spiro atoms. The van der Waals surface area contributed by atoms with E-state index in [1.807, 2.05) is 0 Å². The molecule has 0 saturated heterocycles. The van der Waals surface area contributed by atoms with Crippen LogP contribution in [0, 0.1) is 5.92 Å². The monoisotopic (exact) mass is 345 g/mol. The van der Waals surface area contributed by atoms with Crippen LogP contribution in [0.15, 0.2) is 33.6 Å². The number of sulfonamides is 1. The SMILES string of the molecule is O=S(=O)(NCCCC1CCCC1)c1ccc(Br)cc1. The summed E-state index contributed by atoms with van der Waals surface area (Å²) in [6, 6.07) is 6.72. The van der Waals surface area contributed by atoms with E-state index >= 15 is 0 Å². The molecule has 0 amide bonds. The standard InChI is InChI=1S/C14H20BrNO2S/c15-13-7-9-14(10-8-13)19(17,18)16-11-3-6-12-4-1-2-5-12/h7-10,12,16H,1-6,11H2. The number of nitrogens with one attached hydrogen (secondary N) is 1. The molecule has 0 aromatic heterocycles. The molecule has 1 aliphatic rings. The van der Waals surface area contributed by atoms with Gasteiger partial charge in [0.25, 0.3) is 0 Å². The number of halogens is 1. The molecule has 0 atom stereocenters. The molecule has 3 nitrogen and oxygen atoms in total. The van der Waals surface area contributed by atoms with Gasteiger partial charge in [-0.25, -0.2) is 13.1 Å². The fourth-order valence-electron chi connectivity index (χ4n) is 2.59. The molecule has 0 bridgehead atoms. The highest BCUT2D eigenvalue weighted by molar-refractivity contribution is 9.10. The minimum absolute atomic E-state index is 0.330. The summed E-state index contributed by atoms with van der Waals surface area (Å²) in [7, 11) is -3.34. The Kier molecular flexibility index (Phi) is 5.42. The Hall–Kier alpha value is -0.390. The summed E-state index contributed by atoms with van der Waals surface area (Å²) in [5.74, 6) is 0.817. The summed E-state index contributed by atoms with van der Waals surface area (Å²) in [4.78, 5) is 0.330. The van der Waals surface area contributed by atoms with Gasteiger partial charge in [0.2, 0.25) is 10.0 Å². The molecule has 0 radical (unpaired) electrons. The Bertz CT molecular complexity index is 493. The van der Waals surface area contributed by atoms with E-state index in [4.69, 9.17) is 0 Å². The van der Waals surface area contributed by atoms with Crippen LogP contribution in [0.4, 0.5) is 0 Å². The maximum absolute atomic E-state index is 12.0. The summed E-state index contributed by atoms with van der Waals surface area (Å²) in [6.07, 6.45) is 7.40. The molecule has 0 heterocycles. The third kappa shape index (κ3) is 4.58. The van der Waals surface area contributed by atoms with E-state index in [0.717, 1.165) is 23.2 Å². The van der Waals surface area contributed by atoms with Crippen LogP contribution in [0.5, 0.6) is 0 Å². The second-order valence-electron chi connectivity index (χ2n) is 5.14. The van der Waals surface area contributed by atoms with Crippen LogP contribution in [0.2, 0.25) is 0 Å². The number of benzene rings is 1. The van der Waals surface area contributed by atoms with Gasteiger partial charge in [-0.1, -0.05) is 41.6 Å². The molecule has 1 fully saturated rings. The van der Waals surface area contributed by atoms with Crippen LogP contribution >= 0.6 is 15.9 Å². The van der Waals surface area contributed by atoms with Crippen molar-refractivity contribution >= 4 is 26.0 Å². The Balaban J connectivity index is 1.79. The lowest BCUT2D eigenvalue weighted by Crippen LogP contribution is -2.25. The Labute approximate surface area is 124 Å². The first-order chi connectivity index (χ1) is 9.08. The van der Waals surface area contributed by atoms with E-state index < -0.39 is 10.0 Å². The molecular formula is C14H20BrNO2S. The molecule has 5 heteroatoms. The minimum atomic E-state index is -3.34. The van der Waals surface area contributed by atoms with Crippen LogP contribution < -0.4 is 4.72 Å². The van der Waals surface area contributed by atoms with Gasteiger partial charge in [-0.2, -0.15) is 0 Å². The fraction of sp³-hybridized carbons (Fsp3) is 0.571. The smallest absolute Gasteiger partial charge is 0.211 e. The van der Waals surface area contributed by atoms with Crippen molar-refractivity contribution < 1.29 is 8.42 Å². The van der Waals surface area contributed by atoms with Gasteiger partial charge in [-0.05, 0) is 43.0 Å². The van der Waals surface area contributed by atoms with E-state index in [1.54, 1.807) is 24.3 Å². The molecule has 0 unspecified atom stereocenters.